The van der Waals surface area contributed by atoms with Gasteiger partial charge in [0.15, 0.2) is 9.84 Å². The van der Waals surface area contributed by atoms with Crippen LogP contribution < -0.4 is 5.32 Å². The maximum absolute atomic E-state index is 11.7. The lowest BCUT2D eigenvalue weighted by atomic mass is 9.86. The van der Waals surface area contributed by atoms with E-state index in [-0.39, 0.29) is 11.9 Å². The Hall–Kier alpha value is -0.580. The summed E-state index contributed by atoms with van der Waals surface area (Å²) < 4.78 is 22.5. The summed E-state index contributed by atoms with van der Waals surface area (Å²) >= 11 is 0. The molecular formula is C11H21NO3S. The first kappa shape index (κ1) is 13.5. The summed E-state index contributed by atoms with van der Waals surface area (Å²) in [5, 5.41) is 1.91. The minimum Gasteiger partial charge on any atom is -0.352 e. The minimum atomic E-state index is -3.28. The van der Waals surface area contributed by atoms with Gasteiger partial charge in [0.05, 0.1) is 0 Å². The smallest absolute Gasteiger partial charge is 0.238 e. The van der Waals surface area contributed by atoms with E-state index >= 15 is 0 Å². The van der Waals surface area contributed by atoms with E-state index in [1.54, 1.807) is 0 Å². The van der Waals surface area contributed by atoms with Crippen molar-refractivity contribution in [3.63, 3.8) is 0 Å². The lowest BCUT2D eigenvalue weighted by Crippen LogP contribution is -2.46. The van der Waals surface area contributed by atoms with E-state index in [9.17, 15) is 13.2 Å². The Labute approximate surface area is 97.7 Å². The largest absolute Gasteiger partial charge is 0.352 e. The van der Waals surface area contributed by atoms with E-state index < -0.39 is 15.1 Å². The van der Waals surface area contributed by atoms with Gasteiger partial charge in [-0.1, -0.05) is 19.8 Å². The molecule has 5 heteroatoms. The second-order valence-electron chi connectivity index (χ2n) is 4.85. The van der Waals surface area contributed by atoms with E-state index in [0.717, 1.165) is 25.5 Å². The summed E-state index contributed by atoms with van der Waals surface area (Å²) in [4.78, 5) is 11.7. The van der Waals surface area contributed by atoms with E-state index in [2.05, 4.69) is 12.2 Å². The van der Waals surface area contributed by atoms with Crippen LogP contribution in [0.2, 0.25) is 0 Å². The first-order valence-corrected chi connectivity index (χ1v) is 7.77. The fourth-order valence-electron chi connectivity index (χ4n) is 2.03. The van der Waals surface area contributed by atoms with Crippen LogP contribution in [0.25, 0.3) is 0 Å². The van der Waals surface area contributed by atoms with Crippen LogP contribution in [0.3, 0.4) is 0 Å². The molecule has 0 radical (unpaired) electrons. The molecule has 4 nitrogen and oxygen atoms in total. The first-order valence-electron chi connectivity index (χ1n) is 5.81. The third kappa shape index (κ3) is 3.47. The van der Waals surface area contributed by atoms with Gasteiger partial charge in [-0.05, 0) is 25.7 Å². The highest BCUT2D eigenvalue weighted by Crippen LogP contribution is 2.23. The average Bonchev–Trinajstić information content (AvgIpc) is 2.19. The maximum Gasteiger partial charge on any atom is 0.238 e. The summed E-state index contributed by atoms with van der Waals surface area (Å²) in [5.74, 6) is 0.0886. The molecular weight excluding hydrogens is 226 g/mol. The molecule has 1 saturated carbocycles. The molecule has 0 spiro atoms. The number of amides is 1. The van der Waals surface area contributed by atoms with Crippen LogP contribution in [-0.2, 0) is 14.6 Å². The molecule has 0 bridgehead atoms. The standard InChI is InChI=1S/C11H21NO3S/c1-8-6-4-5-7-10(8)12-11(13)9(2)16(3,14)15/h8-10H,4-7H2,1-3H3,(H,12,13)/t8-,9-,10+/m1/s1. The van der Waals surface area contributed by atoms with Crippen LogP contribution in [0.4, 0.5) is 0 Å². The van der Waals surface area contributed by atoms with Gasteiger partial charge in [0.1, 0.15) is 5.25 Å². The second kappa shape index (κ2) is 5.17. The Bertz CT molecular complexity index is 350. The molecule has 1 rings (SSSR count). The molecule has 94 valence electrons. The summed E-state index contributed by atoms with van der Waals surface area (Å²) in [6, 6.07) is 0.144. The number of hydrogen-bond donors (Lipinski definition) is 1. The van der Waals surface area contributed by atoms with Gasteiger partial charge in [-0.2, -0.15) is 0 Å². The van der Waals surface area contributed by atoms with Crippen molar-refractivity contribution in [1.29, 1.82) is 0 Å². The van der Waals surface area contributed by atoms with Crippen LogP contribution in [0.5, 0.6) is 0 Å². The normalized spacial score (nSPS) is 28.4. The molecule has 3 atom stereocenters. The van der Waals surface area contributed by atoms with Crippen LogP contribution in [0.15, 0.2) is 0 Å². The molecule has 0 heterocycles. The highest BCUT2D eigenvalue weighted by Gasteiger charge is 2.28. The fourth-order valence-corrected chi connectivity index (χ4v) is 2.48. The van der Waals surface area contributed by atoms with Crippen molar-refractivity contribution in [2.45, 2.75) is 50.8 Å². The molecule has 1 N–H and O–H groups in total. The quantitative estimate of drug-likeness (QED) is 0.812. The van der Waals surface area contributed by atoms with Crippen LogP contribution in [-0.4, -0.2) is 31.9 Å². The number of hydrogen-bond acceptors (Lipinski definition) is 3. The third-order valence-electron chi connectivity index (χ3n) is 3.45. The second-order valence-corrected chi connectivity index (χ2v) is 7.21. The SMILES string of the molecule is C[C@@H]1CCCC[C@@H]1NC(=O)[C@@H](C)S(C)(=O)=O. The van der Waals surface area contributed by atoms with E-state index in [1.807, 2.05) is 0 Å². The maximum atomic E-state index is 11.7. The van der Waals surface area contributed by atoms with Crippen molar-refractivity contribution in [2.24, 2.45) is 5.92 Å². The van der Waals surface area contributed by atoms with Crippen molar-refractivity contribution >= 4 is 15.7 Å². The van der Waals surface area contributed by atoms with Gasteiger partial charge in [-0.15, -0.1) is 0 Å². The number of nitrogens with one attached hydrogen (secondary N) is 1. The molecule has 0 aromatic heterocycles. The van der Waals surface area contributed by atoms with Crippen LogP contribution in [0.1, 0.15) is 39.5 Å². The number of carbonyl (C=O) groups is 1. The molecule has 1 aliphatic rings. The predicted octanol–water partition coefficient (Wildman–Crippen LogP) is 1.11. The third-order valence-corrected chi connectivity index (χ3v) is 4.95. The lowest BCUT2D eigenvalue weighted by Gasteiger charge is -2.30. The van der Waals surface area contributed by atoms with Gasteiger partial charge < -0.3 is 5.32 Å². The number of rotatable bonds is 3. The van der Waals surface area contributed by atoms with Crippen molar-refractivity contribution in [1.82, 2.24) is 5.32 Å². The minimum absolute atomic E-state index is 0.144. The van der Waals surface area contributed by atoms with Gasteiger partial charge >= 0.3 is 0 Å². The van der Waals surface area contributed by atoms with Crippen molar-refractivity contribution in [3.05, 3.63) is 0 Å². The Balaban J connectivity index is 2.57. The molecule has 0 aromatic carbocycles. The molecule has 0 unspecified atom stereocenters. The molecule has 1 amide bonds. The van der Waals surface area contributed by atoms with Crippen molar-refractivity contribution in [2.75, 3.05) is 6.26 Å². The molecule has 0 aliphatic heterocycles. The Morgan fingerprint density at radius 3 is 2.38 bits per heavy atom. The molecule has 16 heavy (non-hydrogen) atoms. The monoisotopic (exact) mass is 247 g/mol. The van der Waals surface area contributed by atoms with Gasteiger partial charge in [0.2, 0.25) is 5.91 Å². The highest BCUT2D eigenvalue weighted by atomic mass is 32.2. The topological polar surface area (TPSA) is 63.2 Å². The van der Waals surface area contributed by atoms with Crippen LogP contribution >= 0.6 is 0 Å². The highest BCUT2D eigenvalue weighted by molar-refractivity contribution is 7.92. The summed E-state index contributed by atoms with van der Waals surface area (Å²) in [7, 11) is -3.28. The Morgan fingerprint density at radius 1 is 1.31 bits per heavy atom. The number of carbonyl (C=O) groups excluding carboxylic acids is 1. The predicted molar refractivity (Wildman–Crippen MR) is 63.9 cm³/mol. The summed E-state index contributed by atoms with van der Waals surface area (Å²) in [5.41, 5.74) is 0. The zero-order valence-corrected chi connectivity index (χ0v) is 11.0. The first-order chi connectivity index (χ1) is 7.32. The Morgan fingerprint density at radius 2 is 1.88 bits per heavy atom. The molecule has 1 aliphatic carbocycles. The van der Waals surface area contributed by atoms with E-state index in [0.29, 0.717) is 5.92 Å². The number of sulfone groups is 1. The van der Waals surface area contributed by atoms with Gasteiger partial charge in [-0.3, -0.25) is 4.79 Å². The van der Waals surface area contributed by atoms with E-state index in [1.165, 1.54) is 13.3 Å². The molecule has 0 aromatic rings. The average molecular weight is 247 g/mol. The van der Waals surface area contributed by atoms with E-state index in [4.69, 9.17) is 0 Å². The zero-order chi connectivity index (χ0) is 12.3. The molecule has 0 saturated heterocycles. The van der Waals surface area contributed by atoms with Gasteiger partial charge in [-0.25, -0.2) is 8.42 Å². The zero-order valence-electron chi connectivity index (χ0n) is 10.2. The molecule has 1 fully saturated rings. The summed E-state index contributed by atoms with van der Waals surface area (Å²) in [6.45, 7) is 3.55. The Kier molecular flexibility index (Phi) is 4.35. The summed E-state index contributed by atoms with van der Waals surface area (Å²) in [6.07, 6.45) is 5.49. The fraction of sp³-hybridized carbons (Fsp3) is 0.909. The van der Waals surface area contributed by atoms with Crippen molar-refractivity contribution in [3.8, 4) is 0 Å². The van der Waals surface area contributed by atoms with Crippen molar-refractivity contribution < 1.29 is 13.2 Å². The lowest BCUT2D eigenvalue weighted by molar-refractivity contribution is -0.121. The van der Waals surface area contributed by atoms with Gasteiger partial charge in [0, 0.05) is 12.3 Å². The van der Waals surface area contributed by atoms with Gasteiger partial charge in [0.25, 0.3) is 0 Å². The van der Waals surface area contributed by atoms with Crippen LogP contribution in [0, 0.1) is 5.92 Å².